The van der Waals surface area contributed by atoms with E-state index in [0.29, 0.717) is 19.3 Å². The molecule has 0 N–H and O–H groups in total. The van der Waals surface area contributed by atoms with E-state index in [-0.39, 0.29) is 31.1 Å². The third kappa shape index (κ3) is 60.5. The smallest absolute Gasteiger partial charge is 0.306 e. The predicted octanol–water partition coefficient (Wildman–Crippen LogP) is 22.4. The van der Waals surface area contributed by atoms with Crippen LogP contribution in [0.4, 0.5) is 0 Å². The van der Waals surface area contributed by atoms with Gasteiger partial charge in [-0.15, -0.1) is 0 Å². The predicted molar refractivity (Wildman–Crippen MR) is 321 cm³/mol. The standard InChI is InChI=1S/C68H126O6/c1-4-7-10-13-16-19-22-24-26-28-29-30-31-32-33-34-35-36-37-38-40-41-43-46-49-52-55-58-61-67(70)73-64-65(63-72-66(69)60-57-54-51-48-45-21-18-15-12-9-6-3)74-68(71)62-59-56-53-50-47-44-42-39-27-25-23-20-17-14-11-8-5-2/h8,11,17,20,25,27,65H,4-7,9-10,12-16,18-19,21-24,26,28-64H2,1-3H3/b11-8-,20-17-,27-25-. The van der Waals surface area contributed by atoms with E-state index in [1.807, 2.05) is 0 Å². The second-order valence-electron chi connectivity index (χ2n) is 22.4. The van der Waals surface area contributed by atoms with Crippen LogP contribution in [0, 0.1) is 0 Å². The van der Waals surface area contributed by atoms with Crippen LogP contribution in [-0.4, -0.2) is 37.2 Å². The number of carbonyl (C=O) groups excluding carboxylic acids is 3. The minimum Gasteiger partial charge on any atom is -0.462 e. The van der Waals surface area contributed by atoms with E-state index in [0.717, 1.165) is 83.5 Å². The Balaban J connectivity index is 4.14. The van der Waals surface area contributed by atoms with Crippen LogP contribution in [0.1, 0.15) is 361 Å². The Labute approximate surface area is 461 Å². The molecule has 434 valence electrons. The van der Waals surface area contributed by atoms with Crippen molar-refractivity contribution in [2.45, 2.75) is 367 Å². The summed E-state index contributed by atoms with van der Waals surface area (Å²) in [5.74, 6) is -0.858. The topological polar surface area (TPSA) is 78.9 Å². The molecule has 0 aromatic carbocycles. The maximum Gasteiger partial charge on any atom is 0.306 e. The lowest BCUT2D eigenvalue weighted by atomic mass is 10.0. The van der Waals surface area contributed by atoms with Gasteiger partial charge in [-0.1, -0.05) is 327 Å². The van der Waals surface area contributed by atoms with Crippen molar-refractivity contribution in [3.05, 3.63) is 36.5 Å². The molecule has 0 saturated carbocycles. The summed E-state index contributed by atoms with van der Waals surface area (Å²) in [6.45, 7) is 6.58. The monoisotopic (exact) mass is 1040 g/mol. The van der Waals surface area contributed by atoms with Gasteiger partial charge in [0.15, 0.2) is 6.10 Å². The highest BCUT2D eigenvalue weighted by molar-refractivity contribution is 5.71. The summed E-state index contributed by atoms with van der Waals surface area (Å²) in [6.07, 6.45) is 77.5. The molecule has 0 spiro atoms. The maximum atomic E-state index is 12.9. The van der Waals surface area contributed by atoms with E-state index in [1.54, 1.807) is 0 Å². The fourth-order valence-electron chi connectivity index (χ4n) is 9.99. The molecule has 0 aromatic heterocycles. The third-order valence-corrected chi connectivity index (χ3v) is 14.9. The molecule has 0 amide bonds. The number of hydrogen-bond donors (Lipinski definition) is 0. The molecule has 6 heteroatoms. The third-order valence-electron chi connectivity index (χ3n) is 14.9. The van der Waals surface area contributed by atoms with E-state index < -0.39 is 6.10 Å². The Morgan fingerprint density at radius 1 is 0.284 bits per heavy atom. The summed E-state index contributed by atoms with van der Waals surface area (Å²) < 4.78 is 16.9. The van der Waals surface area contributed by atoms with Gasteiger partial charge in [0.05, 0.1) is 0 Å². The second kappa shape index (κ2) is 63.2. The fraction of sp³-hybridized carbons (Fsp3) is 0.868. The first-order valence-corrected chi connectivity index (χ1v) is 33.0. The summed E-state index contributed by atoms with van der Waals surface area (Å²) in [7, 11) is 0. The number of rotatable bonds is 61. The molecule has 0 aromatic rings. The molecule has 0 bridgehead atoms. The van der Waals surface area contributed by atoms with Crippen LogP contribution in [-0.2, 0) is 28.6 Å². The number of hydrogen-bond acceptors (Lipinski definition) is 6. The first kappa shape index (κ1) is 71.6. The summed E-state index contributed by atoms with van der Waals surface area (Å²) in [5.41, 5.74) is 0. The molecule has 0 aliphatic carbocycles. The molecule has 6 nitrogen and oxygen atoms in total. The van der Waals surface area contributed by atoms with Gasteiger partial charge < -0.3 is 14.2 Å². The fourth-order valence-corrected chi connectivity index (χ4v) is 9.99. The van der Waals surface area contributed by atoms with Crippen LogP contribution in [0.5, 0.6) is 0 Å². The van der Waals surface area contributed by atoms with Crippen molar-refractivity contribution in [2.24, 2.45) is 0 Å². The quantitative estimate of drug-likeness (QED) is 0.0261. The van der Waals surface area contributed by atoms with Gasteiger partial charge in [-0.3, -0.25) is 14.4 Å². The highest BCUT2D eigenvalue weighted by atomic mass is 16.6. The Bertz CT molecular complexity index is 1240. The van der Waals surface area contributed by atoms with Crippen LogP contribution in [0.3, 0.4) is 0 Å². The largest absolute Gasteiger partial charge is 0.462 e. The first-order valence-electron chi connectivity index (χ1n) is 33.0. The SMILES string of the molecule is CC/C=C\C/C=C\C/C=C\CCCCCCCCCC(=O)OC(COC(=O)CCCCCCCCCCCCC)COC(=O)CCCCCCCCCCCCCCCCCCCCCCCCCCCCCC. The molecular weight excluding hydrogens is 913 g/mol. The average molecular weight is 1040 g/mol. The molecule has 0 heterocycles. The van der Waals surface area contributed by atoms with Gasteiger partial charge in [-0.25, -0.2) is 0 Å². The van der Waals surface area contributed by atoms with Gasteiger partial charge in [-0.05, 0) is 51.4 Å². The van der Waals surface area contributed by atoms with Gasteiger partial charge in [0.1, 0.15) is 13.2 Å². The van der Waals surface area contributed by atoms with Crippen LogP contribution < -0.4 is 0 Å². The summed E-state index contributed by atoms with van der Waals surface area (Å²) in [4.78, 5) is 38.2. The Hall–Kier alpha value is -2.37. The lowest BCUT2D eigenvalue weighted by molar-refractivity contribution is -0.167. The van der Waals surface area contributed by atoms with Crippen LogP contribution in [0.25, 0.3) is 0 Å². The van der Waals surface area contributed by atoms with Gasteiger partial charge in [-0.2, -0.15) is 0 Å². The molecule has 1 atom stereocenters. The molecular formula is C68H126O6. The van der Waals surface area contributed by atoms with Gasteiger partial charge >= 0.3 is 17.9 Å². The van der Waals surface area contributed by atoms with E-state index >= 15 is 0 Å². The Morgan fingerprint density at radius 3 is 0.824 bits per heavy atom. The average Bonchev–Trinajstić information content (AvgIpc) is 3.40. The van der Waals surface area contributed by atoms with Crippen molar-refractivity contribution >= 4 is 17.9 Å². The molecule has 74 heavy (non-hydrogen) atoms. The molecule has 0 aliphatic heterocycles. The van der Waals surface area contributed by atoms with Crippen molar-refractivity contribution in [1.82, 2.24) is 0 Å². The molecule has 0 radical (unpaired) electrons. The van der Waals surface area contributed by atoms with Crippen molar-refractivity contribution in [1.29, 1.82) is 0 Å². The molecule has 0 saturated heterocycles. The maximum absolute atomic E-state index is 12.9. The molecule has 1 unspecified atom stereocenters. The van der Waals surface area contributed by atoms with Crippen LogP contribution in [0.15, 0.2) is 36.5 Å². The molecule has 0 aliphatic rings. The first-order chi connectivity index (χ1) is 36.5. The minimum absolute atomic E-state index is 0.0711. The Morgan fingerprint density at radius 2 is 0.527 bits per heavy atom. The lowest BCUT2D eigenvalue weighted by Crippen LogP contribution is -2.30. The van der Waals surface area contributed by atoms with Crippen LogP contribution >= 0.6 is 0 Å². The van der Waals surface area contributed by atoms with Crippen molar-refractivity contribution in [3.63, 3.8) is 0 Å². The summed E-state index contributed by atoms with van der Waals surface area (Å²) in [5, 5.41) is 0. The van der Waals surface area contributed by atoms with Crippen LogP contribution in [0.2, 0.25) is 0 Å². The van der Waals surface area contributed by atoms with Gasteiger partial charge in [0.25, 0.3) is 0 Å². The van der Waals surface area contributed by atoms with E-state index in [9.17, 15) is 14.4 Å². The zero-order chi connectivity index (χ0) is 53.6. The molecule has 0 fully saturated rings. The van der Waals surface area contributed by atoms with E-state index in [2.05, 4.69) is 57.2 Å². The highest BCUT2D eigenvalue weighted by Gasteiger charge is 2.19. The van der Waals surface area contributed by atoms with E-state index in [4.69, 9.17) is 14.2 Å². The van der Waals surface area contributed by atoms with Gasteiger partial charge in [0, 0.05) is 19.3 Å². The zero-order valence-corrected chi connectivity index (χ0v) is 49.9. The van der Waals surface area contributed by atoms with E-state index in [1.165, 1.54) is 238 Å². The number of allylic oxidation sites excluding steroid dienone is 6. The zero-order valence-electron chi connectivity index (χ0n) is 49.9. The number of ether oxygens (including phenoxy) is 3. The normalized spacial score (nSPS) is 12.2. The Kier molecular flexibility index (Phi) is 61.1. The highest BCUT2D eigenvalue weighted by Crippen LogP contribution is 2.18. The summed E-state index contributed by atoms with van der Waals surface area (Å²) in [6, 6.07) is 0. The lowest BCUT2D eigenvalue weighted by Gasteiger charge is -2.18. The summed E-state index contributed by atoms with van der Waals surface area (Å²) >= 11 is 0. The minimum atomic E-state index is -0.774. The van der Waals surface area contributed by atoms with Crippen molar-refractivity contribution in [2.75, 3.05) is 13.2 Å². The van der Waals surface area contributed by atoms with Gasteiger partial charge in [0.2, 0.25) is 0 Å². The van der Waals surface area contributed by atoms with Crippen molar-refractivity contribution < 1.29 is 28.6 Å². The number of carbonyl (C=O) groups is 3. The second-order valence-corrected chi connectivity index (χ2v) is 22.4. The molecule has 0 rings (SSSR count). The van der Waals surface area contributed by atoms with Crippen molar-refractivity contribution in [3.8, 4) is 0 Å². The number of unbranched alkanes of at least 4 members (excludes halogenated alkanes) is 44. The number of esters is 3.